The Kier molecular flexibility index (Phi) is 12.4. The first-order valence-electron chi connectivity index (χ1n) is 10.9. The van der Waals surface area contributed by atoms with Crippen molar-refractivity contribution in [3.8, 4) is 0 Å². The Bertz CT molecular complexity index is 394. The van der Waals surface area contributed by atoms with Crippen molar-refractivity contribution in [2.45, 2.75) is 97.8 Å². The Morgan fingerprint density at radius 2 is 1.31 bits per heavy atom. The van der Waals surface area contributed by atoms with Crippen LogP contribution in [0, 0.1) is 17.8 Å². The van der Waals surface area contributed by atoms with Crippen molar-refractivity contribution in [3.05, 3.63) is 0 Å². The Morgan fingerprint density at radius 1 is 0.769 bits per heavy atom. The highest BCUT2D eigenvalue weighted by atomic mass is 16.5. The van der Waals surface area contributed by atoms with Crippen LogP contribution in [0.2, 0.25) is 0 Å². The predicted molar refractivity (Wildman–Crippen MR) is 105 cm³/mol. The van der Waals surface area contributed by atoms with Gasteiger partial charge in [0.2, 0.25) is 0 Å². The van der Waals surface area contributed by atoms with E-state index >= 15 is 0 Å². The SMILES string of the molecule is CCCCCCOC(=O)C1CCCCC(C)C1C(=O)OCCCCCC. The summed E-state index contributed by atoms with van der Waals surface area (Å²) in [7, 11) is 0. The normalized spacial score (nSPS) is 23.3. The lowest BCUT2D eigenvalue weighted by Crippen LogP contribution is -2.36. The van der Waals surface area contributed by atoms with E-state index in [4.69, 9.17) is 9.47 Å². The lowest BCUT2D eigenvalue weighted by atomic mass is 9.81. The summed E-state index contributed by atoms with van der Waals surface area (Å²) in [6, 6.07) is 0. The molecule has 4 nitrogen and oxygen atoms in total. The van der Waals surface area contributed by atoms with Gasteiger partial charge in [0.1, 0.15) is 0 Å². The average Bonchev–Trinajstić information content (AvgIpc) is 2.82. The molecule has 3 atom stereocenters. The van der Waals surface area contributed by atoms with E-state index in [1.165, 1.54) is 25.7 Å². The summed E-state index contributed by atoms with van der Waals surface area (Å²) in [6.45, 7) is 7.36. The van der Waals surface area contributed by atoms with Gasteiger partial charge in [-0.25, -0.2) is 0 Å². The minimum atomic E-state index is -0.341. The second-order valence-electron chi connectivity index (χ2n) is 7.85. The molecular formula is C22H40O4. The molecule has 0 bridgehead atoms. The van der Waals surface area contributed by atoms with Gasteiger partial charge in [-0.05, 0) is 31.6 Å². The minimum absolute atomic E-state index is 0.179. The first kappa shape index (κ1) is 23.0. The summed E-state index contributed by atoms with van der Waals surface area (Å²) in [5.41, 5.74) is 0. The van der Waals surface area contributed by atoms with Crippen LogP contribution in [0.15, 0.2) is 0 Å². The first-order valence-corrected chi connectivity index (χ1v) is 10.9. The van der Waals surface area contributed by atoms with Crippen LogP contribution in [0.1, 0.15) is 97.8 Å². The van der Waals surface area contributed by atoms with E-state index in [1.54, 1.807) is 0 Å². The van der Waals surface area contributed by atoms with Crippen molar-refractivity contribution >= 4 is 11.9 Å². The molecule has 0 heterocycles. The lowest BCUT2D eigenvalue weighted by Gasteiger charge is -2.26. The number of carbonyl (C=O) groups is 2. The Balaban J connectivity index is 2.54. The fourth-order valence-corrected chi connectivity index (χ4v) is 3.85. The number of carbonyl (C=O) groups excluding carboxylic acids is 2. The topological polar surface area (TPSA) is 52.6 Å². The van der Waals surface area contributed by atoms with E-state index < -0.39 is 0 Å². The van der Waals surface area contributed by atoms with Crippen LogP contribution >= 0.6 is 0 Å². The maximum absolute atomic E-state index is 12.7. The zero-order valence-corrected chi connectivity index (χ0v) is 17.3. The third kappa shape index (κ3) is 8.55. The van der Waals surface area contributed by atoms with Crippen molar-refractivity contribution in [1.82, 2.24) is 0 Å². The third-order valence-electron chi connectivity index (χ3n) is 5.53. The largest absolute Gasteiger partial charge is 0.465 e. The van der Waals surface area contributed by atoms with Crippen molar-refractivity contribution in [3.63, 3.8) is 0 Å². The van der Waals surface area contributed by atoms with Crippen molar-refractivity contribution in [1.29, 1.82) is 0 Å². The highest BCUT2D eigenvalue weighted by Gasteiger charge is 2.40. The maximum atomic E-state index is 12.7. The number of esters is 2. The van der Waals surface area contributed by atoms with Crippen LogP contribution in [0.5, 0.6) is 0 Å². The molecule has 1 aliphatic carbocycles. The average molecular weight is 369 g/mol. The molecule has 0 spiro atoms. The lowest BCUT2D eigenvalue weighted by molar-refractivity contribution is -0.163. The van der Waals surface area contributed by atoms with Gasteiger partial charge >= 0.3 is 11.9 Å². The molecular weight excluding hydrogens is 328 g/mol. The first-order chi connectivity index (χ1) is 12.6. The number of unbranched alkanes of at least 4 members (excludes halogenated alkanes) is 6. The van der Waals surface area contributed by atoms with E-state index in [-0.39, 0.29) is 29.7 Å². The minimum Gasteiger partial charge on any atom is -0.465 e. The van der Waals surface area contributed by atoms with Gasteiger partial charge in [-0.2, -0.15) is 0 Å². The molecule has 1 aliphatic rings. The van der Waals surface area contributed by atoms with E-state index in [9.17, 15) is 9.59 Å². The number of hydrogen-bond acceptors (Lipinski definition) is 4. The summed E-state index contributed by atoms with van der Waals surface area (Å²) in [4.78, 5) is 25.3. The van der Waals surface area contributed by atoms with E-state index in [2.05, 4.69) is 20.8 Å². The van der Waals surface area contributed by atoms with Crippen LogP contribution in [0.4, 0.5) is 0 Å². The molecule has 0 radical (unpaired) electrons. The fourth-order valence-electron chi connectivity index (χ4n) is 3.85. The second kappa shape index (κ2) is 14.1. The summed E-state index contributed by atoms with van der Waals surface area (Å²) in [5.74, 6) is -0.876. The molecule has 152 valence electrons. The molecule has 1 fully saturated rings. The van der Waals surface area contributed by atoms with Crippen LogP contribution in [0.3, 0.4) is 0 Å². The van der Waals surface area contributed by atoms with Gasteiger partial charge < -0.3 is 9.47 Å². The quantitative estimate of drug-likeness (QED) is 0.253. The second-order valence-corrected chi connectivity index (χ2v) is 7.85. The zero-order valence-electron chi connectivity index (χ0n) is 17.3. The molecule has 1 saturated carbocycles. The van der Waals surface area contributed by atoms with Gasteiger partial charge in [-0.3, -0.25) is 9.59 Å². The zero-order chi connectivity index (χ0) is 19.2. The maximum Gasteiger partial charge on any atom is 0.310 e. The van der Waals surface area contributed by atoms with Gasteiger partial charge in [0.05, 0.1) is 25.0 Å². The number of rotatable bonds is 12. The van der Waals surface area contributed by atoms with Crippen LogP contribution in [-0.4, -0.2) is 25.2 Å². The van der Waals surface area contributed by atoms with Gasteiger partial charge in [-0.1, -0.05) is 72.1 Å². The summed E-state index contributed by atoms with van der Waals surface area (Å²) >= 11 is 0. The predicted octanol–water partition coefficient (Wildman–Crippen LogP) is 5.68. The molecule has 26 heavy (non-hydrogen) atoms. The molecule has 0 amide bonds. The molecule has 0 aromatic rings. The monoisotopic (exact) mass is 368 g/mol. The van der Waals surface area contributed by atoms with Gasteiger partial charge in [-0.15, -0.1) is 0 Å². The molecule has 0 aromatic heterocycles. The number of ether oxygens (including phenoxy) is 2. The Hall–Kier alpha value is -1.06. The van der Waals surface area contributed by atoms with Crippen LogP contribution < -0.4 is 0 Å². The van der Waals surface area contributed by atoms with E-state index in [0.717, 1.165) is 51.4 Å². The third-order valence-corrected chi connectivity index (χ3v) is 5.53. The molecule has 0 N–H and O–H groups in total. The van der Waals surface area contributed by atoms with Crippen molar-refractivity contribution in [2.24, 2.45) is 17.8 Å². The highest BCUT2D eigenvalue weighted by molar-refractivity contribution is 5.82. The fraction of sp³-hybridized carbons (Fsp3) is 0.909. The molecule has 0 aromatic carbocycles. The van der Waals surface area contributed by atoms with Crippen molar-refractivity contribution < 1.29 is 19.1 Å². The highest BCUT2D eigenvalue weighted by Crippen LogP contribution is 2.35. The summed E-state index contributed by atoms with van der Waals surface area (Å²) in [6.07, 6.45) is 12.5. The Labute approximate surface area is 160 Å². The molecule has 0 saturated heterocycles. The Morgan fingerprint density at radius 3 is 1.88 bits per heavy atom. The van der Waals surface area contributed by atoms with E-state index in [0.29, 0.717) is 13.2 Å². The van der Waals surface area contributed by atoms with Gasteiger partial charge in [0.15, 0.2) is 0 Å². The van der Waals surface area contributed by atoms with E-state index in [1.807, 2.05) is 0 Å². The number of hydrogen-bond donors (Lipinski definition) is 0. The molecule has 4 heteroatoms. The van der Waals surface area contributed by atoms with Gasteiger partial charge in [0, 0.05) is 0 Å². The molecule has 1 rings (SSSR count). The summed E-state index contributed by atoms with van der Waals surface area (Å²) in [5, 5.41) is 0. The van der Waals surface area contributed by atoms with Crippen LogP contribution in [0.25, 0.3) is 0 Å². The standard InChI is InChI=1S/C22H40O4/c1-4-6-8-12-16-25-21(23)19-15-11-10-14-18(3)20(19)22(24)26-17-13-9-7-5-2/h18-20H,4-17H2,1-3H3. The summed E-state index contributed by atoms with van der Waals surface area (Å²) < 4.78 is 11.1. The molecule has 3 unspecified atom stereocenters. The van der Waals surface area contributed by atoms with Crippen molar-refractivity contribution in [2.75, 3.05) is 13.2 Å². The smallest absolute Gasteiger partial charge is 0.310 e. The van der Waals surface area contributed by atoms with Gasteiger partial charge in [0.25, 0.3) is 0 Å². The molecule has 0 aliphatic heterocycles. The van der Waals surface area contributed by atoms with Crippen LogP contribution in [-0.2, 0) is 19.1 Å².